The van der Waals surface area contributed by atoms with Crippen LogP contribution < -0.4 is 0 Å². The quantitative estimate of drug-likeness (QED) is 0.556. The highest BCUT2D eigenvalue weighted by Gasteiger charge is 2.33. The molecule has 0 amide bonds. The van der Waals surface area contributed by atoms with Crippen LogP contribution in [0, 0.1) is 5.82 Å². The van der Waals surface area contributed by atoms with Crippen molar-refractivity contribution in [2.24, 2.45) is 0 Å². The van der Waals surface area contributed by atoms with Crippen molar-refractivity contribution in [2.45, 2.75) is 37.2 Å². The van der Waals surface area contributed by atoms with Gasteiger partial charge in [-0.15, -0.1) is 21.8 Å². The first kappa shape index (κ1) is 18.5. The van der Waals surface area contributed by atoms with E-state index in [1.54, 1.807) is 6.33 Å². The summed E-state index contributed by atoms with van der Waals surface area (Å²) in [5.74, 6) is 0.743. The molecule has 4 nitrogen and oxygen atoms in total. The van der Waals surface area contributed by atoms with Crippen molar-refractivity contribution in [1.29, 1.82) is 0 Å². The van der Waals surface area contributed by atoms with Crippen LogP contribution in [0.2, 0.25) is 0 Å². The van der Waals surface area contributed by atoms with E-state index in [4.69, 9.17) is 11.6 Å². The molecule has 148 valence electrons. The number of aromatic nitrogens is 3. The smallest absolute Gasteiger partial charge is 0.151 e. The van der Waals surface area contributed by atoms with Crippen LogP contribution in [0.4, 0.5) is 4.39 Å². The lowest BCUT2D eigenvalue weighted by atomic mass is 9.81. The Labute approximate surface area is 174 Å². The number of fused-ring (bicyclic) bond motifs is 3. The predicted molar refractivity (Wildman–Crippen MR) is 112 cm³/mol. The van der Waals surface area contributed by atoms with E-state index < -0.39 is 4.87 Å². The summed E-state index contributed by atoms with van der Waals surface area (Å²) >= 11 is 7.13. The van der Waals surface area contributed by atoms with E-state index in [0.29, 0.717) is 0 Å². The summed E-state index contributed by atoms with van der Waals surface area (Å²) < 4.78 is 15.3. The molecule has 0 spiro atoms. The molecule has 0 saturated carbocycles. The zero-order valence-electron chi connectivity index (χ0n) is 16.3. The molecule has 1 aromatic heterocycles. The van der Waals surface area contributed by atoms with E-state index in [0.717, 1.165) is 55.0 Å². The SMILES string of the molecule is CN1Cc2cc(C3(Cl)CC=C(c4ccc(F)cc4)CC3)ccc2-n2cnnc2C1. The van der Waals surface area contributed by atoms with Crippen LogP contribution in [-0.2, 0) is 18.0 Å². The molecule has 6 heteroatoms. The molecule has 1 atom stereocenters. The molecule has 2 aliphatic rings. The van der Waals surface area contributed by atoms with Gasteiger partial charge in [0, 0.05) is 6.54 Å². The average molecular weight is 409 g/mol. The van der Waals surface area contributed by atoms with Gasteiger partial charge in [-0.2, -0.15) is 0 Å². The first-order valence-electron chi connectivity index (χ1n) is 9.87. The molecule has 1 unspecified atom stereocenters. The maximum atomic E-state index is 13.2. The van der Waals surface area contributed by atoms with Crippen molar-refractivity contribution >= 4 is 17.2 Å². The standard InChI is InChI=1S/C23H22ClFN4/c1-28-13-18-12-19(4-7-21(18)29-15-26-27-22(29)14-28)23(24)10-8-17(9-11-23)16-2-5-20(25)6-3-16/h2-8,12,15H,9-11,13-14H2,1H3. The number of rotatable bonds is 2. The third kappa shape index (κ3) is 3.38. The fourth-order valence-corrected chi connectivity index (χ4v) is 4.68. The molecule has 2 heterocycles. The highest BCUT2D eigenvalue weighted by molar-refractivity contribution is 6.24. The van der Waals surface area contributed by atoms with Gasteiger partial charge >= 0.3 is 0 Å². The number of halogens is 2. The minimum Gasteiger partial charge on any atom is -0.295 e. The average Bonchev–Trinajstić information content (AvgIpc) is 3.12. The monoisotopic (exact) mass is 408 g/mol. The van der Waals surface area contributed by atoms with E-state index in [1.807, 2.05) is 12.1 Å². The molecular weight excluding hydrogens is 387 g/mol. The van der Waals surface area contributed by atoms with Crippen molar-refractivity contribution in [3.63, 3.8) is 0 Å². The maximum absolute atomic E-state index is 13.2. The first-order valence-corrected chi connectivity index (χ1v) is 10.2. The van der Waals surface area contributed by atoms with Gasteiger partial charge in [0.2, 0.25) is 0 Å². The second-order valence-electron chi connectivity index (χ2n) is 8.04. The first-order chi connectivity index (χ1) is 14.0. The number of hydrogen-bond acceptors (Lipinski definition) is 3. The van der Waals surface area contributed by atoms with Gasteiger partial charge in [0.15, 0.2) is 5.82 Å². The van der Waals surface area contributed by atoms with Crippen LogP contribution in [0.15, 0.2) is 54.9 Å². The molecule has 0 saturated heterocycles. The zero-order chi connectivity index (χ0) is 20.0. The molecule has 0 radical (unpaired) electrons. The Morgan fingerprint density at radius 1 is 1.10 bits per heavy atom. The summed E-state index contributed by atoms with van der Waals surface area (Å²) in [6, 6.07) is 13.2. The van der Waals surface area contributed by atoms with Crippen molar-refractivity contribution in [2.75, 3.05) is 7.05 Å². The van der Waals surface area contributed by atoms with Crippen LogP contribution in [-0.4, -0.2) is 26.7 Å². The lowest BCUT2D eigenvalue weighted by Crippen LogP contribution is -2.22. The Bertz CT molecular complexity index is 1090. The molecule has 1 aliphatic heterocycles. The Morgan fingerprint density at radius 2 is 1.93 bits per heavy atom. The normalized spacial score (nSPS) is 21.8. The summed E-state index contributed by atoms with van der Waals surface area (Å²) in [5.41, 5.74) is 5.82. The number of allylic oxidation sites excluding steroid dienone is 2. The maximum Gasteiger partial charge on any atom is 0.151 e. The summed E-state index contributed by atoms with van der Waals surface area (Å²) in [5, 5.41) is 8.32. The van der Waals surface area contributed by atoms with E-state index >= 15 is 0 Å². The molecule has 29 heavy (non-hydrogen) atoms. The largest absolute Gasteiger partial charge is 0.295 e. The fourth-order valence-electron chi connectivity index (χ4n) is 4.39. The number of alkyl halides is 1. The number of hydrogen-bond donors (Lipinski definition) is 0. The fraction of sp³-hybridized carbons (Fsp3) is 0.304. The molecular formula is C23H22ClFN4. The Hall–Kier alpha value is -2.50. The van der Waals surface area contributed by atoms with Crippen LogP contribution in [0.1, 0.15) is 41.8 Å². The molecule has 0 N–H and O–H groups in total. The van der Waals surface area contributed by atoms with Gasteiger partial charge in [-0.3, -0.25) is 9.47 Å². The summed E-state index contributed by atoms with van der Waals surface area (Å²) in [4.78, 5) is 1.82. The van der Waals surface area contributed by atoms with E-state index in [2.05, 4.69) is 51.0 Å². The Morgan fingerprint density at radius 3 is 2.69 bits per heavy atom. The van der Waals surface area contributed by atoms with Gasteiger partial charge in [-0.05, 0) is 66.8 Å². The Kier molecular flexibility index (Phi) is 4.52. The van der Waals surface area contributed by atoms with Crippen LogP contribution in [0.3, 0.4) is 0 Å². The highest BCUT2D eigenvalue weighted by atomic mass is 35.5. The van der Waals surface area contributed by atoms with Gasteiger partial charge in [-0.1, -0.05) is 30.3 Å². The van der Waals surface area contributed by atoms with Crippen molar-refractivity contribution in [3.05, 3.63) is 83.2 Å². The minimum absolute atomic E-state index is 0.206. The number of benzene rings is 2. The minimum atomic E-state index is -0.417. The van der Waals surface area contributed by atoms with Crippen LogP contribution in [0.5, 0.6) is 0 Å². The zero-order valence-corrected chi connectivity index (χ0v) is 17.0. The molecule has 1 aliphatic carbocycles. The molecule has 3 aromatic rings. The van der Waals surface area contributed by atoms with E-state index in [1.165, 1.54) is 23.3 Å². The molecule has 0 fully saturated rings. The molecule has 0 bridgehead atoms. The van der Waals surface area contributed by atoms with E-state index in [9.17, 15) is 4.39 Å². The van der Waals surface area contributed by atoms with Crippen molar-refractivity contribution < 1.29 is 4.39 Å². The second-order valence-corrected chi connectivity index (χ2v) is 8.76. The van der Waals surface area contributed by atoms with E-state index in [-0.39, 0.29) is 5.82 Å². The van der Waals surface area contributed by atoms with Gasteiger partial charge < -0.3 is 0 Å². The summed E-state index contributed by atoms with van der Waals surface area (Å²) in [6.07, 6.45) is 6.47. The van der Waals surface area contributed by atoms with Crippen LogP contribution in [0.25, 0.3) is 11.3 Å². The van der Waals surface area contributed by atoms with Crippen molar-refractivity contribution in [3.8, 4) is 5.69 Å². The Balaban J connectivity index is 1.46. The molecule has 5 rings (SSSR count). The van der Waals surface area contributed by atoms with Crippen molar-refractivity contribution in [1.82, 2.24) is 19.7 Å². The predicted octanol–water partition coefficient (Wildman–Crippen LogP) is 5.05. The lowest BCUT2D eigenvalue weighted by molar-refractivity contribution is 0.315. The third-order valence-corrected chi connectivity index (χ3v) is 6.57. The summed E-state index contributed by atoms with van der Waals surface area (Å²) in [6.45, 7) is 1.61. The van der Waals surface area contributed by atoms with Gasteiger partial charge in [-0.25, -0.2) is 4.39 Å². The van der Waals surface area contributed by atoms with Gasteiger partial charge in [0.05, 0.1) is 17.1 Å². The molecule has 2 aromatic carbocycles. The number of nitrogens with zero attached hydrogens (tertiary/aromatic N) is 4. The van der Waals surface area contributed by atoms with Gasteiger partial charge in [0.1, 0.15) is 12.1 Å². The lowest BCUT2D eigenvalue weighted by Gasteiger charge is -2.32. The topological polar surface area (TPSA) is 34.0 Å². The second kappa shape index (κ2) is 7.08. The van der Waals surface area contributed by atoms with Gasteiger partial charge in [0.25, 0.3) is 0 Å². The third-order valence-electron chi connectivity index (χ3n) is 6.00. The van der Waals surface area contributed by atoms with Crippen LogP contribution >= 0.6 is 11.6 Å². The summed E-state index contributed by atoms with van der Waals surface area (Å²) in [7, 11) is 2.09. The highest BCUT2D eigenvalue weighted by Crippen LogP contribution is 2.45.